The highest BCUT2D eigenvalue weighted by molar-refractivity contribution is 6.62. The summed E-state index contributed by atoms with van der Waals surface area (Å²) in [6.07, 6.45) is 2.67. The first-order chi connectivity index (χ1) is 13.1. The summed E-state index contributed by atoms with van der Waals surface area (Å²) in [5.74, 6) is 1.09. The molecule has 0 unspecified atom stereocenters. The van der Waals surface area contributed by atoms with Crippen LogP contribution in [-0.4, -0.2) is 60.2 Å². The molecule has 3 fully saturated rings. The van der Waals surface area contributed by atoms with Gasteiger partial charge in [0.1, 0.15) is 0 Å². The lowest BCUT2D eigenvalue weighted by Gasteiger charge is -2.34. The van der Waals surface area contributed by atoms with Crippen molar-refractivity contribution in [1.29, 1.82) is 0 Å². The van der Waals surface area contributed by atoms with Crippen molar-refractivity contribution < 1.29 is 14.1 Å². The summed E-state index contributed by atoms with van der Waals surface area (Å²) in [6.45, 7) is 14.6. The molecule has 6 heteroatoms. The number of hydrogen-bond donors (Lipinski definition) is 0. The summed E-state index contributed by atoms with van der Waals surface area (Å²) in [5, 5.41) is 0. The molecule has 0 spiro atoms. The van der Waals surface area contributed by atoms with E-state index in [2.05, 4.69) is 57.7 Å². The van der Waals surface area contributed by atoms with Gasteiger partial charge in [-0.15, -0.1) is 0 Å². The minimum absolute atomic E-state index is 0.251. The number of hydrogen-bond acceptors (Lipinski definition) is 4. The quantitative estimate of drug-likeness (QED) is 0.731. The molecule has 0 radical (unpaired) electrons. The molecule has 5 nitrogen and oxygen atoms in total. The molecule has 1 amide bonds. The Morgan fingerprint density at radius 3 is 2.36 bits per heavy atom. The third-order valence-electron chi connectivity index (χ3n) is 6.86. The van der Waals surface area contributed by atoms with Crippen LogP contribution in [-0.2, 0) is 20.6 Å². The van der Waals surface area contributed by atoms with Crippen LogP contribution >= 0.6 is 0 Å². The zero-order valence-corrected chi connectivity index (χ0v) is 18.0. The van der Waals surface area contributed by atoms with E-state index < -0.39 is 0 Å². The van der Waals surface area contributed by atoms with Gasteiger partial charge in [0.15, 0.2) is 0 Å². The number of carbonyl (C=O) groups is 1. The second-order valence-electron chi connectivity index (χ2n) is 9.77. The molecule has 2 saturated heterocycles. The molecule has 0 atom stereocenters. The Morgan fingerprint density at radius 2 is 1.79 bits per heavy atom. The van der Waals surface area contributed by atoms with Crippen molar-refractivity contribution in [1.82, 2.24) is 9.80 Å². The summed E-state index contributed by atoms with van der Waals surface area (Å²) in [6, 6.07) is 6.35. The minimum atomic E-state index is -0.342. The standard InChI is InChI=1S/C22H33BN2O3/c1-16-12-19(23-27-21(2,3)22(4,5)28-23)9-8-18(16)14-25-11-10-24(15-20(25)26)13-17-6-7-17/h8-9,12,17H,6-7,10-11,13-15H2,1-5H3. The smallest absolute Gasteiger partial charge is 0.399 e. The van der Waals surface area contributed by atoms with Crippen LogP contribution in [0.25, 0.3) is 0 Å². The predicted molar refractivity (Wildman–Crippen MR) is 111 cm³/mol. The fourth-order valence-electron chi connectivity index (χ4n) is 3.97. The minimum Gasteiger partial charge on any atom is -0.399 e. The van der Waals surface area contributed by atoms with E-state index in [1.54, 1.807) is 0 Å². The predicted octanol–water partition coefficient (Wildman–Crippen LogP) is 2.35. The van der Waals surface area contributed by atoms with E-state index in [4.69, 9.17) is 9.31 Å². The zero-order valence-electron chi connectivity index (χ0n) is 18.0. The van der Waals surface area contributed by atoms with Crippen LogP contribution in [0.1, 0.15) is 51.7 Å². The third kappa shape index (κ3) is 4.00. The zero-order chi connectivity index (χ0) is 20.1. The number of rotatable bonds is 5. The second-order valence-corrected chi connectivity index (χ2v) is 9.77. The average molecular weight is 384 g/mol. The van der Waals surface area contributed by atoms with Gasteiger partial charge in [-0.1, -0.05) is 18.2 Å². The summed E-state index contributed by atoms with van der Waals surface area (Å²) in [5.41, 5.74) is 2.75. The monoisotopic (exact) mass is 384 g/mol. The Hall–Kier alpha value is -1.37. The van der Waals surface area contributed by atoms with Gasteiger partial charge in [0.2, 0.25) is 5.91 Å². The van der Waals surface area contributed by atoms with Crippen LogP contribution in [0.5, 0.6) is 0 Å². The van der Waals surface area contributed by atoms with Crippen molar-refractivity contribution in [2.75, 3.05) is 26.2 Å². The van der Waals surface area contributed by atoms with E-state index in [0.717, 1.165) is 31.0 Å². The molecule has 0 N–H and O–H groups in total. The van der Waals surface area contributed by atoms with E-state index in [1.807, 2.05) is 4.90 Å². The molecule has 1 saturated carbocycles. The maximum Gasteiger partial charge on any atom is 0.494 e. The van der Waals surface area contributed by atoms with Crippen LogP contribution < -0.4 is 5.46 Å². The fraction of sp³-hybridized carbons (Fsp3) is 0.682. The topological polar surface area (TPSA) is 42.0 Å². The molecule has 152 valence electrons. The average Bonchev–Trinajstić information content (AvgIpc) is 3.37. The van der Waals surface area contributed by atoms with Crippen molar-refractivity contribution in [2.24, 2.45) is 5.92 Å². The van der Waals surface area contributed by atoms with Crippen LogP contribution in [0.4, 0.5) is 0 Å². The second kappa shape index (κ2) is 7.15. The SMILES string of the molecule is Cc1cc(B2OC(C)(C)C(C)(C)O2)ccc1CN1CCN(CC2CC2)CC1=O. The van der Waals surface area contributed by atoms with Crippen LogP contribution in [0.15, 0.2) is 18.2 Å². The van der Waals surface area contributed by atoms with Crippen molar-refractivity contribution in [3.05, 3.63) is 29.3 Å². The van der Waals surface area contributed by atoms with Crippen molar-refractivity contribution >= 4 is 18.5 Å². The number of aryl methyl sites for hydroxylation is 1. The molecule has 3 aliphatic rings. The molecule has 2 heterocycles. The van der Waals surface area contributed by atoms with Gasteiger partial charge >= 0.3 is 7.12 Å². The lowest BCUT2D eigenvalue weighted by atomic mass is 9.78. The summed E-state index contributed by atoms with van der Waals surface area (Å²) in [7, 11) is -0.342. The van der Waals surface area contributed by atoms with Gasteiger partial charge in [0, 0.05) is 26.2 Å². The molecule has 28 heavy (non-hydrogen) atoms. The number of carbonyl (C=O) groups excluding carboxylic acids is 1. The number of benzene rings is 1. The number of piperazine rings is 1. The first-order valence-electron chi connectivity index (χ1n) is 10.6. The fourth-order valence-corrected chi connectivity index (χ4v) is 3.97. The Morgan fingerprint density at radius 1 is 1.11 bits per heavy atom. The normalized spacial score (nSPS) is 24.8. The molecular weight excluding hydrogens is 351 g/mol. The molecule has 0 aromatic heterocycles. The van der Waals surface area contributed by atoms with E-state index in [9.17, 15) is 4.79 Å². The van der Waals surface area contributed by atoms with Gasteiger partial charge < -0.3 is 14.2 Å². The van der Waals surface area contributed by atoms with Gasteiger partial charge in [-0.05, 0) is 70.0 Å². The Labute approximate surface area is 169 Å². The lowest BCUT2D eigenvalue weighted by Crippen LogP contribution is -2.50. The molecule has 4 rings (SSSR count). The Kier molecular flexibility index (Phi) is 5.09. The Balaban J connectivity index is 1.39. The van der Waals surface area contributed by atoms with Gasteiger partial charge in [-0.2, -0.15) is 0 Å². The summed E-state index contributed by atoms with van der Waals surface area (Å²) < 4.78 is 12.3. The highest BCUT2D eigenvalue weighted by Gasteiger charge is 2.51. The van der Waals surface area contributed by atoms with Gasteiger partial charge in [0.25, 0.3) is 0 Å². The molecule has 0 bridgehead atoms. The van der Waals surface area contributed by atoms with Crippen LogP contribution in [0.2, 0.25) is 0 Å². The highest BCUT2D eigenvalue weighted by Crippen LogP contribution is 2.36. The lowest BCUT2D eigenvalue weighted by molar-refractivity contribution is -0.136. The largest absolute Gasteiger partial charge is 0.494 e. The molecular formula is C22H33BN2O3. The van der Waals surface area contributed by atoms with E-state index in [-0.39, 0.29) is 24.2 Å². The first kappa shape index (κ1) is 19.9. The van der Waals surface area contributed by atoms with Crippen molar-refractivity contribution in [2.45, 2.75) is 65.2 Å². The molecule has 1 aliphatic carbocycles. The third-order valence-corrected chi connectivity index (χ3v) is 6.86. The van der Waals surface area contributed by atoms with E-state index in [1.165, 1.54) is 24.0 Å². The highest BCUT2D eigenvalue weighted by atomic mass is 16.7. The maximum absolute atomic E-state index is 12.6. The maximum atomic E-state index is 12.6. The molecule has 1 aromatic carbocycles. The summed E-state index contributed by atoms with van der Waals surface area (Å²) in [4.78, 5) is 16.9. The van der Waals surface area contributed by atoms with Crippen LogP contribution in [0.3, 0.4) is 0 Å². The number of amides is 1. The van der Waals surface area contributed by atoms with Gasteiger partial charge in [-0.3, -0.25) is 9.69 Å². The van der Waals surface area contributed by atoms with Crippen molar-refractivity contribution in [3.63, 3.8) is 0 Å². The van der Waals surface area contributed by atoms with Gasteiger partial charge in [-0.25, -0.2) is 0 Å². The van der Waals surface area contributed by atoms with Crippen molar-refractivity contribution in [3.8, 4) is 0 Å². The summed E-state index contributed by atoms with van der Waals surface area (Å²) >= 11 is 0. The Bertz CT molecular complexity index is 744. The van der Waals surface area contributed by atoms with E-state index in [0.29, 0.717) is 13.1 Å². The van der Waals surface area contributed by atoms with Crippen LogP contribution in [0, 0.1) is 12.8 Å². The first-order valence-corrected chi connectivity index (χ1v) is 10.6. The molecule has 1 aromatic rings. The molecule has 2 aliphatic heterocycles. The van der Waals surface area contributed by atoms with E-state index >= 15 is 0 Å². The number of nitrogens with zero attached hydrogens (tertiary/aromatic N) is 2. The van der Waals surface area contributed by atoms with Gasteiger partial charge in [0.05, 0.1) is 17.7 Å².